The van der Waals surface area contributed by atoms with Crippen LogP contribution in [0.3, 0.4) is 0 Å². The molecule has 1 atom stereocenters. The summed E-state index contributed by atoms with van der Waals surface area (Å²) in [4.78, 5) is 0. The fourth-order valence-corrected chi connectivity index (χ4v) is 2.92. The van der Waals surface area contributed by atoms with Gasteiger partial charge >= 0.3 is 0 Å². The van der Waals surface area contributed by atoms with Crippen LogP contribution in [0, 0.1) is 11.3 Å². The summed E-state index contributed by atoms with van der Waals surface area (Å²) in [6.07, 6.45) is 14.7. The van der Waals surface area contributed by atoms with Gasteiger partial charge in [0.25, 0.3) is 0 Å². The van der Waals surface area contributed by atoms with Crippen molar-refractivity contribution in [1.82, 2.24) is 0 Å². The van der Waals surface area contributed by atoms with Crippen LogP contribution in [0.25, 0.3) is 0 Å². The predicted octanol–water partition coefficient (Wildman–Crippen LogP) is 4.89. The summed E-state index contributed by atoms with van der Waals surface area (Å²) in [5, 5.41) is 9.61. The summed E-state index contributed by atoms with van der Waals surface area (Å²) in [6.45, 7) is 7.47. The minimum Gasteiger partial charge on any atom is -0.396 e. The van der Waals surface area contributed by atoms with E-state index in [2.05, 4.69) is 20.8 Å². The van der Waals surface area contributed by atoms with Crippen molar-refractivity contribution in [3.05, 3.63) is 0 Å². The van der Waals surface area contributed by atoms with E-state index in [-0.39, 0.29) is 12.0 Å². The zero-order valence-corrected chi connectivity index (χ0v) is 14.3. The van der Waals surface area contributed by atoms with Gasteiger partial charge in [0.2, 0.25) is 0 Å². The molecule has 0 aliphatic carbocycles. The number of nitrogens with two attached hydrogens (primary N) is 1. The minimum absolute atomic E-state index is 0.0415. The summed E-state index contributed by atoms with van der Waals surface area (Å²) in [7, 11) is 0. The van der Waals surface area contributed by atoms with Gasteiger partial charge in [-0.25, -0.2) is 0 Å². The van der Waals surface area contributed by atoms with Crippen molar-refractivity contribution in [3.8, 4) is 0 Å². The van der Waals surface area contributed by atoms with Crippen molar-refractivity contribution in [2.24, 2.45) is 17.1 Å². The highest BCUT2D eigenvalue weighted by Crippen LogP contribution is 2.32. The molecule has 0 fully saturated rings. The van der Waals surface area contributed by atoms with Crippen LogP contribution < -0.4 is 5.73 Å². The smallest absolute Gasteiger partial charge is 0.0501 e. The molecule has 0 aliphatic heterocycles. The monoisotopic (exact) mass is 285 g/mol. The summed E-state index contributed by atoms with van der Waals surface area (Å²) >= 11 is 0. The lowest BCUT2D eigenvalue weighted by atomic mass is 9.74. The molecule has 0 aromatic carbocycles. The van der Waals surface area contributed by atoms with Crippen molar-refractivity contribution in [3.63, 3.8) is 0 Å². The highest BCUT2D eigenvalue weighted by molar-refractivity contribution is 4.82. The van der Waals surface area contributed by atoms with Gasteiger partial charge in [0.05, 0.1) is 6.61 Å². The van der Waals surface area contributed by atoms with Crippen molar-refractivity contribution >= 4 is 0 Å². The number of aliphatic hydroxyl groups is 1. The van der Waals surface area contributed by atoms with Crippen molar-refractivity contribution < 1.29 is 5.11 Å². The first-order chi connectivity index (χ1) is 9.63. The van der Waals surface area contributed by atoms with E-state index >= 15 is 0 Å². The molecule has 0 amide bonds. The molecule has 0 saturated heterocycles. The van der Waals surface area contributed by atoms with Crippen LogP contribution in [0.1, 0.15) is 91.4 Å². The lowest BCUT2D eigenvalue weighted by molar-refractivity contribution is 0.0722. The third kappa shape index (κ3) is 8.26. The first-order valence-corrected chi connectivity index (χ1v) is 8.94. The molecule has 0 rings (SSSR count). The van der Waals surface area contributed by atoms with Crippen LogP contribution in [0.4, 0.5) is 0 Å². The van der Waals surface area contributed by atoms with E-state index in [0.29, 0.717) is 12.5 Å². The Hall–Kier alpha value is -0.0800. The number of aliphatic hydroxyl groups excluding tert-OH is 1. The van der Waals surface area contributed by atoms with Crippen LogP contribution in [-0.2, 0) is 0 Å². The van der Waals surface area contributed by atoms with Gasteiger partial charge in [-0.3, -0.25) is 0 Å². The van der Waals surface area contributed by atoms with E-state index in [1.165, 1.54) is 64.2 Å². The van der Waals surface area contributed by atoms with Gasteiger partial charge in [0.1, 0.15) is 0 Å². The lowest BCUT2D eigenvalue weighted by Gasteiger charge is -2.34. The molecule has 2 nitrogen and oxygen atoms in total. The van der Waals surface area contributed by atoms with E-state index in [1.54, 1.807) is 0 Å². The highest BCUT2D eigenvalue weighted by atomic mass is 16.3. The standard InChI is InChI=1S/C18H39NO/c1-4-5-6-7-8-9-10-11-12-13-14-18(15-19,16-20)17(2)3/h17,20H,4-16,19H2,1-3H3. The number of hydrogen-bond acceptors (Lipinski definition) is 2. The second kappa shape index (κ2) is 12.6. The van der Waals surface area contributed by atoms with Gasteiger partial charge in [-0.2, -0.15) is 0 Å². The first kappa shape index (κ1) is 19.9. The van der Waals surface area contributed by atoms with E-state index in [9.17, 15) is 5.11 Å². The maximum Gasteiger partial charge on any atom is 0.0501 e. The average molecular weight is 286 g/mol. The molecule has 0 aromatic heterocycles. The Bertz CT molecular complexity index is 200. The van der Waals surface area contributed by atoms with Crippen LogP contribution in [-0.4, -0.2) is 18.3 Å². The van der Waals surface area contributed by atoms with E-state index in [4.69, 9.17) is 5.73 Å². The van der Waals surface area contributed by atoms with Crippen LogP contribution >= 0.6 is 0 Å². The summed E-state index contributed by atoms with van der Waals surface area (Å²) in [6, 6.07) is 0. The van der Waals surface area contributed by atoms with Crippen LogP contribution in [0.5, 0.6) is 0 Å². The molecule has 0 aliphatic rings. The second-order valence-electron chi connectivity index (χ2n) is 6.81. The zero-order valence-electron chi connectivity index (χ0n) is 14.3. The Kier molecular flexibility index (Phi) is 12.6. The molecule has 122 valence electrons. The van der Waals surface area contributed by atoms with Gasteiger partial charge in [0, 0.05) is 12.0 Å². The Morgan fingerprint density at radius 2 is 1.30 bits per heavy atom. The van der Waals surface area contributed by atoms with Crippen molar-refractivity contribution in [2.45, 2.75) is 91.4 Å². The Labute approximate surface area is 127 Å². The Morgan fingerprint density at radius 3 is 1.65 bits per heavy atom. The molecule has 3 N–H and O–H groups in total. The Balaban J connectivity index is 3.51. The van der Waals surface area contributed by atoms with Gasteiger partial charge in [-0.15, -0.1) is 0 Å². The summed E-state index contributed by atoms with van der Waals surface area (Å²) < 4.78 is 0. The van der Waals surface area contributed by atoms with Crippen molar-refractivity contribution in [1.29, 1.82) is 0 Å². The van der Waals surface area contributed by atoms with E-state index in [0.717, 1.165) is 6.42 Å². The second-order valence-corrected chi connectivity index (χ2v) is 6.81. The quantitative estimate of drug-likeness (QED) is 0.446. The maximum absolute atomic E-state index is 9.61. The van der Waals surface area contributed by atoms with E-state index < -0.39 is 0 Å². The molecule has 0 aromatic rings. The lowest BCUT2D eigenvalue weighted by Crippen LogP contribution is -2.39. The largest absolute Gasteiger partial charge is 0.396 e. The highest BCUT2D eigenvalue weighted by Gasteiger charge is 2.30. The minimum atomic E-state index is -0.0415. The molecule has 0 bridgehead atoms. The molecule has 0 spiro atoms. The summed E-state index contributed by atoms with van der Waals surface area (Å²) in [5.41, 5.74) is 5.84. The molecular weight excluding hydrogens is 246 g/mol. The predicted molar refractivity (Wildman–Crippen MR) is 89.9 cm³/mol. The fourth-order valence-electron chi connectivity index (χ4n) is 2.92. The van der Waals surface area contributed by atoms with Gasteiger partial charge in [0.15, 0.2) is 0 Å². The molecule has 0 saturated carbocycles. The molecule has 0 radical (unpaired) electrons. The van der Waals surface area contributed by atoms with Gasteiger partial charge in [-0.1, -0.05) is 85.0 Å². The zero-order chi connectivity index (χ0) is 15.3. The first-order valence-electron chi connectivity index (χ1n) is 8.94. The number of unbranched alkanes of at least 4 members (excludes halogenated alkanes) is 9. The van der Waals surface area contributed by atoms with Crippen LogP contribution in [0.15, 0.2) is 0 Å². The Morgan fingerprint density at radius 1 is 0.850 bits per heavy atom. The third-order valence-corrected chi connectivity index (χ3v) is 4.97. The normalized spacial score (nSPS) is 14.7. The third-order valence-electron chi connectivity index (χ3n) is 4.97. The molecular formula is C18H39NO. The van der Waals surface area contributed by atoms with E-state index in [1.807, 2.05) is 0 Å². The molecule has 20 heavy (non-hydrogen) atoms. The van der Waals surface area contributed by atoms with Gasteiger partial charge in [-0.05, 0) is 12.3 Å². The van der Waals surface area contributed by atoms with Gasteiger partial charge < -0.3 is 10.8 Å². The summed E-state index contributed by atoms with van der Waals surface area (Å²) in [5.74, 6) is 0.469. The maximum atomic E-state index is 9.61. The number of hydrogen-bond donors (Lipinski definition) is 2. The molecule has 2 heteroatoms. The molecule has 1 unspecified atom stereocenters. The molecule has 0 heterocycles. The van der Waals surface area contributed by atoms with Crippen molar-refractivity contribution in [2.75, 3.05) is 13.2 Å². The fraction of sp³-hybridized carbons (Fsp3) is 1.00. The SMILES string of the molecule is CCCCCCCCCCCCC(CN)(CO)C(C)C. The van der Waals surface area contributed by atoms with Crippen LogP contribution in [0.2, 0.25) is 0 Å². The average Bonchev–Trinajstić information content (AvgIpc) is 2.45. The number of rotatable bonds is 14. The topological polar surface area (TPSA) is 46.2 Å².